The summed E-state index contributed by atoms with van der Waals surface area (Å²) in [6.45, 7) is 2.86. The Balaban J connectivity index is 1.53. The monoisotopic (exact) mass is 431 g/mol. The van der Waals surface area contributed by atoms with Crippen molar-refractivity contribution in [2.75, 3.05) is 38.5 Å². The van der Waals surface area contributed by atoms with Crippen LogP contribution in [0.25, 0.3) is 0 Å². The first kappa shape index (κ1) is 21.8. The Morgan fingerprint density at radius 1 is 1.10 bits per heavy atom. The van der Waals surface area contributed by atoms with Crippen molar-refractivity contribution in [1.29, 1.82) is 0 Å². The van der Waals surface area contributed by atoms with E-state index in [0.717, 1.165) is 4.90 Å². The fourth-order valence-electron chi connectivity index (χ4n) is 2.97. The second-order valence-electron chi connectivity index (χ2n) is 6.62. The van der Waals surface area contributed by atoms with Crippen LogP contribution in [0.15, 0.2) is 35.2 Å². The quantitative estimate of drug-likeness (QED) is 0.362. The Morgan fingerprint density at radius 3 is 2.50 bits per heavy atom. The van der Waals surface area contributed by atoms with Crippen LogP contribution in [-0.2, 0) is 4.79 Å². The van der Waals surface area contributed by atoms with E-state index in [1.54, 1.807) is 24.3 Å². The second-order valence-corrected chi connectivity index (χ2v) is 7.47. The zero-order valence-corrected chi connectivity index (χ0v) is 18.1. The molecule has 0 saturated heterocycles. The van der Waals surface area contributed by atoms with Crippen LogP contribution < -0.4 is 24.3 Å². The third kappa shape index (κ3) is 5.38. The highest BCUT2D eigenvalue weighted by Gasteiger charge is 2.17. The highest BCUT2D eigenvalue weighted by molar-refractivity contribution is 7.98. The number of carbonyl (C=O) groups excluding carboxylic acids is 2. The van der Waals surface area contributed by atoms with Crippen LogP contribution in [0, 0.1) is 0 Å². The lowest BCUT2D eigenvalue weighted by Gasteiger charge is -2.21. The second kappa shape index (κ2) is 10.2. The maximum absolute atomic E-state index is 12.4. The highest BCUT2D eigenvalue weighted by atomic mass is 32.2. The van der Waals surface area contributed by atoms with Gasteiger partial charge in [0.2, 0.25) is 5.91 Å². The summed E-state index contributed by atoms with van der Waals surface area (Å²) in [5.74, 6) is 2.22. The van der Waals surface area contributed by atoms with Gasteiger partial charge in [0.05, 0.1) is 19.4 Å². The number of nitrogens with one attached hydrogen (secondary N) is 1. The molecule has 3 rings (SSSR count). The molecule has 0 aliphatic carbocycles. The summed E-state index contributed by atoms with van der Waals surface area (Å²) in [6, 6.07) is 8.73. The summed E-state index contributed by atoms with van der Waals surface area (Å²) >= 11 is 1.53. The molecule has 1 aliphatic heterocycles. The van der Waals surface area contributed by atoms with Gasteiger partial charge in [-0.2, -0.15) is 0 Å². The van der Waals surface area contributed by atoms with Gasteiger partial charge >= 0.3 is 0 Å². The van der Waals surface area contributed by atoms with Crippen molar-refractivity contribution in [3.05, 3.63) is 35.9 Å². The summed E-state index contributed by atoms with van der Waals surface area (Å²) in [5.41, 5.74) is 1.27. The lowest BCUT2D eigenvalue weighted by Crippen LogP contribution is -2.17. The topological polar surface area (TPSA) is 83.1 Å². The Labute approximate surface area is 180 Å². The average molecular weight is 432 g/mol. The van der Waals surface area contributed by atoms with Crippen LogP contribution in [-0.4, -0.2) is 44.9 Å². The van der Waals surface area contributed by atoms with E-state index < -0.39 is 0 Å². The number of thioether (sulfide) groups is 1. The van der Waals surface area contributed by atoms with E-state index in [4.69, 9.17) is 18.9 Å². The summed E-state index contributed by atoms with van der Waals surface area (Å²) < 4.78 is 22.2. The van der Waals surface area contributed by atoms with Gasteiger partial charge in [-0.05, 0) is 43.9 Å². The van der Waals surface area contributed by atoms with Crippen molar-refractivity contribution in [1.82, 2.24) is 0 Å². The van der Waals surface area contributed by atoms with E-state index in [9.17, 15) is 9.59 Å². The Morgan fingerprint density at radius 2 is 1.83 bits per heavy atom. The molecule has 0 spiro atoms. The number of ether oxygens (including phenoxy) is 4. The van der Waals surface area contributed by atoms with Gasteiger partial charge in [-0.15, -0.1) is 11.8 Å². The van der Waals surface area contributed by atoms with Crippen LogP contribution >= 0.6 is 11.8 Å². The smallest absolute Gasteiger partial charge is 0.224 e. The van der Waals surface area contributed by atoms with Crippen molar-refractivity contribution >= 4 is 29.1 Å². The summed E-state index contributed by atoms with van der Waals surface area (Å²) in [6.07, 6.45) is 2.78. The number of amides is 1. The standard InChI is InChI=1S/C22H25NO6S/c1-14(24)15-6-7-17(18(11-15)26-2)27-8-4-5-22(25)23-16-12-19-20(13-21(16)30-3)29-10-9-28-19/h6-7,11-13H,4-5,8-10H2,1-3H3,(H,23,25). The fraction of sp³-hybridized carbons (Fsp3) is 0.364. The van der Waals surface area contributed by atoms with Crippen LogP contribution in [0.1, 0.15) is 30.1 Å². The molecule has 0 atom stereocenters. The Bertz CT molecular complexity index is 930. The Kier molecular flexibility index (Phi) is 7.46. The molecule has 1 heterocycles. The number of Topliss-reactive ketones (excluding diaryl/α,β-unsaturated/α-hetero) is 1. The summed E-state index contributed by atoms with van der Waals surface area (Å²) in [5, 5.41) is 2.94. The van der Waals surface area contributed by atoms with Crippen molar-refractivity contribution in [2.24, 2.45) is 0 Å². The van der Waals surface area contributed by atoms with Crippen molar-refractivity contribution < 1.29 is 28.5 Å². The number of rotatable bonds is 9. The molecule has 0 radical (unpaired) electrons. The summed E-state index contributed by atoms with van der Waals surface area (Å²) in [4.78, 5) is 24.8. The van der Waals surface area contributed by atoms with Crippen molar-refractivity contribution in [3.8, 4) is 23.0 Å². The molecule has 0 bridgehead atoms. The van der Waals surface area contributed by atoms with E-state index in [2.05, 4.69) is 5.32 Å². The number of hydrogen-bond acceptors (Lipinski definition) is 7. The van der Waals surface area contributed by atoms with E-state index in [1.807, 2.05) is 12.3 Å². The van der Waals surface area contributed by atoms with Gasteiger partial charge in [0.25, 0.3) is 0 Å². The van der Waals surface area contributed by atoms with Crippen molar-refractivity contribution in [2.45, 2.75) is 24.7 Å². The number of hydrogen-bond donors (Lipinski definition) is 1. The minimum Gasteiger partial charge on any atom is -0.493 e. The number of anilines is 1. The number of carbonyl (C=O) groups is 2. The van der Waals surface area contributed by atoms with Crippen LogP contribution in [0.2, 0.25) is 0 Å². The van der Waals surface area contributed by atoms with Gasteiger partial charge in [-0.1, -0.05) is 0 Å². The lowest BCUT2D eigenvalue weighted by molar-refractivity contribution is -0.116. The maximum Gasteiger partial charge on any atom is 0.224 e. The molecular weight excluding hydrogens is 406 g/mol. The molecule has 0 unspecified atom stereocenters. The van der Waals surface area contributed by atoms with Gasteiger partial charge in [0, 0.05) is 22.9 Å². The van der Waals surface area contributed by atoms with Crippen molar-refractivity contribution in [3.63, 3.8) is 0 Å². The minimum absolute atomic E-state index is 0.0414. The molecule has 8 heteroatoms. The third-order valence-corrected chi connectivity index (χ3v) is 5.29. The summed E-state index contributed by atoms with van der Waals surface area (Å²) in [7, 11) is 1.52. The first-order valence-corrected chi connectivity index (χ1v) is 10.8. The predicted octanol–water partition coefficient (Wildman–Crippen LogP) is 4.19. The van der Waals surface area contributed by atoms with E-state index in [0.29, 0.717) is 66.9 Å². The molecule has 0 aromatic heterocycles. The minimum atomic E-state index is -0.107. The third-order valence-electron chi connectivity index (χ3n) is 4.51. The maximum atomic E-state index is 12.4. The van der Waals surface area contributed by atoms with Gasteiger partial charge in [0.1, 0.15) is 13.2 Å². The molecule has 7 nitrogen and oxygen atoms in total. The molecule has 30 heavy (non-hydrogen) atoms. The molecule has 160 valence electrons. The Hall–Kier alpha value is -2.87. The molecular formula is C22H25NO6S. The van der Waals surface area contributed by atoms with Crippen LogP contribution in [0.4, 0.5) is 5.69 Å². The van der Waals surface area contributed by atoms with Gasteiger partial charge in [-0.3, -0.25) is 9.59 Å². The van der Waals surface area contributed by atoms with Crippen LogP contribution in [0.3, 0.4) is 0 Å². The van der Waals surface area contributed by atoms with E-state index in [1.165, 1.54) is 25.8 Å². The molecule has 1 aliphatic rings. The van der Waals surface area contributed by atoms with E-state index >= 15 is 0 Å². The van der Waals surface area contributed by atoms with Gasteiger partial charge in [-0.25, -0.2) is 0 Å². The number of benzene rings is 2. The molecule has 2 aromatic rings. The SMILES string of the molecule is COc1cc(C(C)=O)ccc1OCCCC(=O)Nc1cc2c(cc1SC)OCCO2. The molecule has 1 N–H and O–H groups in total. The van der Waals surface area contributed by atoms with E-state index in [-0.39, 0.29) is 11.7 Å². The number of ketones is 1. The van der Waals surface area contributed by atoms with Gasteiger partial charge in [0.15, 0.2) is 28.8 Å². The zero-order chi connectivity index (χ0) is 21.5. The lowest BCUT2D eigenvalue weighted by atomic mass is 10.1. The number of fused-ring (bicyclic) bond motifs is 1. The first-order valence-electron chi connectivity index (χ1n) is 9.61. The van der Waals surface area contributed by atoms with Gasteiger partial charge < -0.3 is 24.3 Å². The molecule has 1 amide bonds. The largest absolute Gasteiger partial charge is 0.493 e. The number of methoxy groups -OCH3 is 1. The predicted molar refractivity (Wildman–Crippen MR) is 116 cm³/mol. The molecule has 0 fully saturated rings. The first-order chi connectivity index (χ1) is 14.5. The van der Waals surface area contributed by atoms with Crippen LogP contribution in [0.5, 0.6) is 23.0 Å². The molecule has 0 saturated carbocycles. The normalized spacial score (nSPS) is 12.2. The molecule has 2 aromatic carbocycles. The average Bonchev–Trinajstić information content (AvgIpc) is 2.76. The fourth-order valence-corrected chi connectivity index (χ4v) is 3.52. The highest BCUT2D eigenvalue weighted by Crippen LogP contribution is 2.39. The zero-order valence-electron chi connectivity index (χ0n) is 17.3.